The van der Waals surface area contributed by atoms with E-state index in [1.807, 2.05) is 26.2 Å². The summed E-state index contributed by atoms with van der Waals surface area (Å²) in [7, 11) is 4.08. The number of benzene rings is 1. The summed E-state index contributed by atoms with van der Waals surface area (Å²) in [6.07, 6.45) is 7.51. The molecule has 0 saturated heterocycles. The van der Waals surface area contributed by atoms with Crippen LogP contribution in [0.25, 0.3) is 0 Å². The normalized spacial score (nSPS) is 20.7. The zero-order valence-corrected chi connectivity index (χ0v) is 13.2. The van der Waals surface area contributed by atoms with Crippen LogP contribution in [0.2, 0.25) is 0 Å². The van der Waals surface area contributed by atoms with Gasteiger partial charge in [0.1, 0.15) is 5.75 Å². The lowest BCUT2D eigenvalue weighted by Crippen LogP contribution is -2.52. The number of carbonyl (C=O) groups excluding carboxylic acids is 1. The predicted octanol–water partition coefficient (Wildman–Crippen LogP) is 3.46. The Bertz CT molecular complexity index is 530. The Morgan fingerprint density at radius 2 is 1.90 bits per heavy atom. The standard InChI is InChI=1S/C18H25NO2/c1-19(2)18(11-4-3-5-12-18)17(20)15-10-6-8-14-9-7-13-21-16(14)15/h6,8,10H,3-5,7,9,11-13H2,1-2H3. The Kier molecular flexibility index (Phi) is 4.03. The molecule has 0 radical (unpaired) electrons. The van der Waals surface area contributed by atoms with Crippen molar-refractivity contribution in [3.05, 3.63) is 29.3 Å². The molecule has 1 saturated carbocycles. The van der Waals surface area contributed by atoms with Gasteiger partial charge in [-0.15, -0.1) is 0 Å². The molecule has 1 heterocycles. The van der Waals surface area contributed by atoms with E-state index in [0.717, 1.165) is 56.4 Å². The molecule has 2 aliphatic rings. The Hall–Kier alpha value is -1.35. The zero-order valence-electron chi connectivity index (χ0n) is 13.2. The molecule has 0 amide bonds. The Balaban J connectivity index is 2.01. The lowest BCUT2D eigenvalue weighted by Gasteiger charge is -2.42. The summed E-state index contributed by atoms with van der Waals surface area (Å²) in [5.41, 5.74) is 1.65. The summed E-state index contributed by atoms with van der Waals surface area (Å²) in [4.78, 5) is 15.4. The van der Waals surface area contributed by atoms with Gasteiger partial charge < -0.3 is 4.74 Å². The number of aryl methyl sites for hydroxylation is 1. The average molecular weight is 287 g/mol. The minimum Gasteiger partial charge on any atom is -0.493 e. The maximum atomic E-state index is 13.3. The molecule has 1 aromatic carbocycles. The predicted molar refractivity (Wildman–Crippen MR) is 84.1 cm³/mol. The second kappa shape index (κ2) is 5.80. The summed E-state index contributed by atoms with van der Waals surface area (Å²) in [5.74, 6) is 1.10. The number of hydrogen-bond donors (Lipinski definition) is 0. The highest BCUT2D eigenvalue weighted by Gasteiger charge is 2.43. The summed E-state index contributed by atoms with van der Waals surface area (Å²) in [6, 6.07) is 6.05. The fourth-order valence-corrected chi connectivity index (χ4v) is 3.83. The molecule has 3 heteroatoms. The first kappa shape index (κ1) is 14.6. The molecule has 0 spiro atoms. The minimum atomic E-state index is -0.339. The lowest BCUT2D eigenvalue weighted by atomic mass is 9.75. The van der Waals surface area contributed by atoms with E-state index in [1.165, 1.54) is 12.0 Å². The summed E-state index contributed by atoms with van der Waals surface area (Å²) in [6.45, 7) is 0.728. The van der Waals surface area contributed by atoms with Crippen molar-refractivity contribution in [1.82, 2.24) is 4.90 Å². The number of para-hydroxylation sites is 1. The third-order valence-electron chi connectivity index (χ3n) is 5.14. The second-order valence-electron chi connectivity index (χ2n) is 6.56. The van der Waals surface area contributed by atoms with Gasteiger partial charge in [0.2, 0.25) is 0 Å². The summed E-state index contributed by atoms with van der Waals surface area (Å²) >= 11 is 0. The van der Waals surface area contributed by atoms with Crippen molar-refractivity contribution in [2.45, 2.75) is 50.5 Å². The SMILES string of the molecule is CN(C)C1(C(=O)c2cccc3c2OCCC3)CCCCC1. The van der Waals surface area contributed by atoms with Crippen molar-refractivity contribution in [3.63, 3.8) is 0 Å². The number of Topliss-reactive ketones (excluding diaryl/α,β-unsaturated/α-hetero) is 1. The lowest BCUT2D eigenvalue weighted by molar-refractivity contribution is 0.0559. The van der Waals surface area contributed by atoms with E-state index >= 15 is 0 Å². The van der Waals surface area contributed by atoms with Crippen molar-refractivity contribution >= 4 is 5.78 Å². The maximum Gasteiger partial charge on any atom is 0.186 e. The van der Waals surface area contributed by atoms with Gasteiger partial charge >= 0.3 is 0 Å². The number of carbonyl (C=O) groups is 1. The molecule has 0 bridgehead atoms. The van der Waals surface area contributed by atoms with E-state index in [-0.39, 0.29) is 11.3 Å². The van der Waals surface area contributed by atoms with Gasteiger partial charge in [0.25, 0.3) is 0 Å². The van der Waals surface area contributed by atoms with Crippen LogP contribution in [0.1, 0.15) is 54.4 Å². The molecular weight excluding hydrogens is 262 g/mol. The third kappa shape index (κ3) is 2.48. The quantitative estimate of drug-likeness (QED) is 0.797. The molecule has 1 aliphatic heterocycles. The number of ether oxygens (including phenoxy) is 1. The average Bonchev–Trinajstić information content (AvgIpc) is 2.54. The first-order chi connectivity index (χ1) is 10.1. The third-order valence-corrected chi connectivity index (χ3v) is 5.14. The molecule has 0 N–H and O–H groups in total. The molecule has 114 valence electrons. The van der Waals surface area contributed by atoms with Crippen LogP contribution >= 0.6 is 0 Å². The van der Waals surface area contributed by atoms with E-state index in [4.69, 9.17) is 4.74 Å². The molecule has 0 unspecified atom stereocenters. The monoisotopic (exact) mass is 287 g/mol. The topological polar surface area (TPSA) is 29.5 Å². The first-order valence-electron chi connectivity index (χ1n) is 8.12. The Morgan fingerprint density at radius 1 is 1.14 bits per heavy atom. The van der Waals surface area contributed by atoms with Gasteiger partial charge in [0.05, 0.1) is 17.7 Å². The van der Waals surface area contributed by atoms with Gasteiger partial charge in [-0.25, -0.2) is 0 Å². The maximum absolute atomic E-state index is 13.3. The van der Waals surface area contributed by atoms with Crippen LogP contribution in [0.5, 0.6) is 5.75 Å². The molecule has 1 aliphatic carbocycles. The van der Waals surface area contributed by atoms with E-state index in [0.29, 0.717) is 0 Å². The number of likely N-dealkylation sites (N-methyl/N-ethyl adjacent to an activating group) is 1. The number of hydrogen-bond acceptors (Lipinski definition) is 3. The molecule has 3 rings (SSSR count). The van der Waals surface area contributed by atoms with Gasteiger partial charge in [0, 0.05) is 0 Å². The van der Waals surface area contributed by atoms with Crippen LogP contribution < -0.4 is 4.74 Å². The highest BCUT2D eigenvalue weighted by Crippen LogP contribution is 2.39. The van der Waals surface area contributed by atoms with Crippen LogP contribution in [0.4, 0.5) is 0 Å². The van der Waals surface area contributed by atoms with Crippen molar-refractivity contribution in [1.29, 1.82) is 0 Å². The highest BCUT2D eigenvalue weighted by atomic mass is 16.5. The van der Waals surface area contributed by atoms with Gasteiger partial charge in [-0.05, 0) is 51.4 Å². The van der Waals surface area contributed by atoms with Crippen molar-refractivity contribution in [3.8, 4) is 5.75 Å². The summed E-state index contributed by atoms with van der Waals surface area (Å²) in [5, 5.41) is 0. The van der Waals surface area contributed by atoms with Crippen LogP contribution in [0.15, 0.2) is 18.2 Å². The molecular formula is C18H25NO2. The number of nitrogens with zero attached hydrogens (tertiary/aromatic N) is 1. The van der Waals surface area contributed by atoms with E-state index in [9.17, 15) is 4.79 Å². The molecule has 0 aromatic heterocycles. The van der Waals surface area contributed by atoms with Crippen LogP contribution in [0, 0.1) is 0 Å². The fraction of sp³-hybridized carbons (Fsp3) is 0.611. The van der Waals surface area contributed by atoms with Crippen LogP contribution in [0.3, 0.4) is 0 Å². The molecule has 1 fully saturated rings. The fourth-order valence-electron chi connectivity index (χ4n) is 3.83. The largest absolute Gasteiger partial charge is 0.493 e. The summed E-state index contributed by atoms with van der Waals surface area (Å²) < 4.78 is 5.85. The van der Waals surface area contributed by atoms with E-state index < -0.39 is 0 Å². The van der Waals surface area contributed by atoms with Gasteiger partial charge in [-0.2, -0.15) is 0 Å². The number of ketones is 1. The smallest absolute Gasteiger partial charge is 0.186 e. The molecule has 0 atom stereocenters. The minimum absolute atomic E-state index is 0.256. The number of fused-ring (bicyclic) bond motifs is 1. The van der Waals surface area contributed by atoms with Gasteiger partial charge in [0.15, 0.2) is 5.78 Å². The highest BCUT2D eigenvalue weighted by molar-refractivity contribution is 6.05. The Morgan fingerprint density at radius 3 is 2.62 bits per heavy atom. The van der Waals surface area contributed by atoms with Crippen molar-refractivity contribution in [2.24, 2.45) is 0 Å². The molecule has 21 heavy (non-hydrogen) atoms. The van der Waals surface area contributed by atoms with E-state index in [1.54, 1.807) is 0 Å². The first-order valence-corrected chi connectivity index (χ1v) is 8.12. The Labute approximate surface area is 127 Å². The number of rotatable bonds is 3. The van der Waals surface area contributed by atoms with Gasteiger partial charge in [-0.3, -0.25) is 9.69 Å². The van der Waals surface area contributed by atoms with Crippen molar-refractivity contribution in [2.75, 3.05) is 20.7 Å². The van der Waals surface area contributed by atoms with Crippen LogP contribution in [-0.4, -0.2) is 36.9 Å². The van der Waals surface area contributed by atoms with Crippen molar-refractivity contribution < 1.29 is 9.53 Å². The molecule has 1 aromatic rings. The van der Waals surface area contributed by atoms with Gasteiger partial charge in [-0.1, -0.05) is 31.4 Å². The zero-order chi connectivity index (χ0) is 14.9. The van der Waals surface area contributed by atoms with E-state index in [2.05, 4.69) is 11.0 Å². The van der Waals surface area contributed by atoms with Crippen LogP contribution in [-0.2, 0) is 6.42 Å². The second-order valence-corrected chi connectivity index (χ2v) is 6.56. The molecule has 3 nitrogen and oxygen atoms in total.